The number of aryl methyl sites for hydroxylation is 1. The Kier molecular flexibility index (Phi) is 7.81. The predicted molar refractivity (Wildman–Crippen MR) is 148 cm³/mol. The van der Waals surface area contributed by atoms with Gasteiger partial charge in [0.2, 0.25) is 5.89 Å². The number of alkyl halides is 3. The van der Waals surface area contributed by atoms with E-state index < -0.39 is 23.7 Å². The van der Waals surface area contributed by atoms with Crippen molar-refractivity contribution in [1.82, 2.24) is 15.5 Å². The highest BCUT2D eigenvalue weighted by Gasteiger charge is 2.30. The lowest BCUT2D eigenvalue weighted by Gasteiger charge is -2.17. The molecule has 0 radical (unpaired) electrons. The van der Waals surface area contributed by atoms with Crippen molar-refractivity contribution in [2.45, 2.75) is 25.6 Å². The van der Waals surface area contributed by atoms with Crippen LogP contribution >= 0.6 is 11.6 Å². The Morgan fingerprint density at radius 2 is 1.56 bits per heavy atom. The number of phenols is 1. The van der Waals surface area contributed by atoms with E-state index in [4.69, 9.17) is 16.1 Å². The number of benzene rings is 4. The van der Waals surface area contributed by atoms with Crippen LogP contribution in [0.1, 0.15) is 39.2 Å². The van der Waals surface area contributed by atoms with Gasteiger partial charge in [0, 0.05) is 11.4 Å². The lowest BCUT2D eigenvalue weighted by atomic mass is 9.99. The van der Waals surface area contributed by atoms with E-state index in [1.54, 1.807) is 13.0 Å². The molecule has 6 nitrogen and oxygen atoms in total. The molecular formula is C31H23ClF3N3O3. The maximum absolute atomic E-state index is 13.4. The number of rotatable bonds is 7. The van der Waals surface area contributed by atoms with Crippen molar-refractivity contribution in [3.8, 4) is 28.0 Å². The molecule has 10 heteroatoms. The Morgan fingerprint density at radius 3 is 2.17 bits per heavy atom. The van der Waals surface area contributed by atoms with Gasteiger partial charge in [-0.2, -0.15) is 18.2 Å². The van der Waals surface area contributed by atoms with Gasteiger partial charge in [-0.25, -0.2) is 0 Å². The van der Waals surface area contributed by atoms with Crippen LogP contribution in [-0.4, -0.2) is 21.2 Å². The first-order valence-corrected chi connectivity index (χ1v) is 12.9. The first kappa shape index (κ1) is 27.9. The summed E-state index contributed by atoms with van der Waals surface area (Å²) in [7, 11) is 0. The molecule has 0 bridgehead atoms. The normalized spacial score (nSPS) is 12.2. The summed E-state index contributed by atoms with van der Waals surface area (Å²) in [5.41, 5.74) is 2.88. The second-order valence-electron chi connectivity index (χ2n) is 9.42. The lowest BCUT2D eigenvalue weighted by Crippen LogP contribution is -2.30. The van der Waals surface area contributed by atoms with E-state index in [2.05, 4.69) is 15.5 Å². The van der Waals surface area contributed by atoms with Gasteiger partial charge in [0.25, 0.3) is 5.91 Å². The van der Waals surface area contributed by atoms with E-state index in [1.165, 1.54) is 30.3 Å². The fourth-order valence-corrected chi connectivity index (χ4v) is 4.57. The molecule has 5 aromatic rings. The van der Waals surface area contributed by atoms with Crippen LogP contribution in [0.15, 0.2) is 95.5 Å². The van der Waals surface area contributed by atoms with Gasteiger partial charge in [0.05, 0.1) is 11.1 Å². The molecule has 0 spiro atoms. The van der Waals surface area contributed by atoms with E-state index in [-0.39, 0.29) is 17.2 Å². The standard InChI is InChI=1S/C31H23ClF3N3O3/c1-18-36-30(41-38-18)27(15-19-5-7-20(8-6-19)22-3-2-4-25(32)16-22)37-29(40)26-17-23(11-14-28(26)39)21-9-12-24(13-10-21)31(33,34)35/h2-14,16-17,27,39H,15H2,1H3,(H,37,40)/t27-/m1/s1. The zero-order valence-electron chi connectivity index (χ0n) is 21.6. The molecule has 2 N–H and O–H groups in total. The molecule has 0 aliphatic heterocycles. The average molecular weight is 578 g/mol. The van der Waals surface area contributed by atoms with Crippen molar-refractivity contribution in [3.05, 3.63) is 124 Å². The monoisotopic (exact) mass is 577 g/mol. The summed E-state index contributed by atoms with van der Waals surface area (Å²) in [5.74, 6) is -0.326. The van der Waals surface area contributed by atoms with Crippen LogP contribution in [0, 0.1) is 6.92 Å². The quantitative estimate of drug-likeness (QED) is 0.206. The summed E-state index contributed by atoms with van der Waals surface area (Å²) >= 11 is 6.12. The van der Waals surface area contributed by atoms with Gasteiger partial charge in [0.15, 0.2) is 5.82 Å². The summed E-state index contributed by atoms with van der Waals surface area (Å²) in [4.78, 5) is 17.6. The number of aromatic nitrogens is 2. The van der Waals surface area contributed by atoms with Gasteiger partial charge in [-0.3, -0.25) is 4.79 Å². The number of nitrogens with zero attached hydrogens (tertiary/aromatic N) is 2. The Labute approximate surface area is 238 Å². The molecule has 41 heavy (non-hydrogen) atoms. The number of nitrogens with one attached hydrogen (secondary N) is 1. The smallest absolute Gasteiger partial charge is 0.416 e. The van der Waals surface area contributed by atoms with Crippen LogP contribution in [0.25, 0.3) is 22.3 Å². The number of hydrogen-bond donors (Lipinski definition) is 2. The number of halogens is 4. The summed E-state index contributed by atoms with van der Waals surface area (Å²) < 4.78 is 44.3. The van der Waals surface area contributed by atoms with Gasteiger partial charge in [0.1, 0.15) is 11.8 Å². The topological polar surface area (TPSA) is 88.2 Å². The third kappa shape index (κ3) is 6.58. The van der Waals surface area contributed by atoms with Crippen molar-refractivity contribution in [3.63, 3.8) is 0 Å². The van der Waals surface area contributed by atoms with E-state index in [9.17, 15) is 23.1 Å². The molecule has 0 unspecified atom stereocenters. The van der Waals surface area contributed by atoms with Crippen molar-refractivity contribution >= 4 is 17.5 Å². The number of carbonyl (C=O) groups is 1. The zero-order valence-corrected chi connectivity index (χ0v) is 22.4. The van der Waals surface area contributed by atoms with Crippen molar-refractivity contribution in [2.75, 3.05) is 0 Å². The summed E-state index contributed by atoms with van der Waals surface area (Å²) in [5, 5.41) is 17.8. The number of aromatic hydroxyl groups is 1. The molecule has 1 aromatic heterocycles. The molecule has 5 rings (SSSR count). The number of carbonyl (C=O) groups excluding carboxylic acids is 1. The second kappa shape index (κ2) is 11.5. The first-order chi connectivity index (χ1) is 19.6. The Morgan fingerprint density at radius 1 is 0.927 bits per heavy atom. The molecule has 0 saturated heterocycles. The van der Waals surface area contributed by atoms with E-state index in [0.717, 1.165) is 28.8 Å². The van der Waals surface area contributed by atoms with E-state index in [0.29, 0.717) is 28.4 Å². The Balaban J connectivity index is 1.38. The molecule has 1 heterocycles. The minimum Gasteiger partial charge on any atom is -0.507 e. The fraction of sp³-hybridized carbons (Fsp3) is 0.129. The SMILES string of the molecule is Cc1noc([C@@H](Cc2ccc(-c3cccc(Cl)c3)cc2)NC(=O)c2cc(-c3ccc(C(F)(F)F)cc3)ccc2O)n1. The highest BCUT2D eigenvalue weighted by molar-refractivity contribution is 6.30. The van der Waals surface area contributed by atoms with Gasteiger partial charge in [-0.1, -0.05) is 71.4 Å². The molecule has 0 aliphatic carbocycles. The Hall–Kier alpha value is -4.63. The first-order valence-electron chi connectivity index (χ1n) is 12.5. The van der Waals surface area contributed by atoms with Crippen molar-refractivity contribution in [1.29, 1.82) is 0 Å². The third-order valence-corrected chi connectivity index (χ3v) is 6.72. The predicted octanol–water partition coefficient (Wildman–Crippen LogP) is 7.80. The van der Waals surface area contributed by atoms with Gasteiger partial charge < -0.3 is 14.9 Å². The van der Waals surface area contributed by atoms with Crippen LogP contribution in [0.4, 0.5) is 13.2 Å². The minimum atomic E-state index is -4.46. The summed E-state index contributed by atoms with van der Waals surface area (Å²) in [6.45, 7) is 1.66. The summed E-state index contributed by atoms with van der Waals surface area (Å²) in [6, 6.07) is 23.3. The van der Waals surface area contributed by atoms with Gasteiger partial charge in [-0.15, -0.1) is 0 Å². The highest BCUT2D eigenvalue weighted by Crippen LogP contribution is 2.32. The van der Waals surface area contributed by atoms with Crippen LogP contribution in [-0.2, 0) is 12.6 Å². The minimum absolute atomic E-state index is 0.0556. The number of phenolic OH excluding ortho intramolecular Hbond substituents is 1. The molecule has 1 atom stereocenters. The van der Waals surface area contributed by atoms with E-state index in [1.807, 2.05) is 42.5 Å². The third-order valence-electron chi connectivity index (χ3n) is 6.49. The van der Waals surface area contributed by atoms with Crippen LogP contribution in [0.5, 0.6) is 5.75 Å². The molecule has 4 aromatic carbocycles. The maximum atomic E-state index is 13.4. The van der Waals surface area contributed by atoms with E-state index >= 15 is 0 Å². The van der Waals surface area contributed by atoms with Crippen LogP contribution in [0.3, 0.4) is 0 Å². The molecule has 0 saturated carbocycles. The molecule has 208 valence electrons. The molecule has 1 amide bonds. The lowest BCUT2D eigenvalue weighted by molar-refractivity contribution is -0.137. The van der Waals surface area contributed by atoms with Gasteiger partial charge >= 0.3 is 6.18 Å². The van der Waals surface area contributed by atoms with Crippen LogP contribution < -0.4 is 5.32 Å². The molecule has 0 fully saturated rings. The van der Waals surface area contributed by atoms with Crippen LogP contribution in [0.2, 0.25) is 5.02 Å². The highest BCUT2D eigenvalue weighted by atomic mass is 35.5. The number of amides is 1. The largest absolute Gasteiger partial charge is 0.507 e. The number of hydrogen-bond acceptors (Lipinski definition) is 5. The molecule has 0 aliphatic rings. The Bertz CT molecular complexity index is 1680. The fourth-order valence-electron chi connectivity index (χ4n) is 4.38. The second-order valence-corrected chi connectivity index (χ2v) is 9.86. The maximum Gasteiger partial charge on any atom is 0.416 e. The molecular weight excluding hydrogens is 555 g/mol. The zero-order chi connectivity index (χ0) is 29.1. The van der Waals surface area contributed by atoms with Gasteiger partial charge in [-0.05, 0) is 71.1 Å². The summed E-state index contributed by atoms with van der Waals surface area (Å²) in [6.07, 6.45) is -4.15. The average Bonchev–Trinajstić information content (AvgIpc) is 3.39. The van der Waals surface area contributed by atoms with Crippen molar-refractivity contribution < 1.29 is 27.6 Å². The van der Waals surface area contributed by atoms with Crippen molar-refractivity contribution in [2.24, 2.45) is 0 Å².